The zero-order chi connectivity index (χ0) is 15.1. The minimum atomic E-state index is -0.474. The van der Waals surface area contributed by atoms with Crippen LogP contribution in [0.3, 0.4) is 0 Å². The van der Waals surface area contributed by atoms with Gasteiger partial charge >= 0.3 is 5.69 Å². The van der Waals surface area contributed by atoms with Gasteiger partial charge in [-0.15, -0.1) is 0 Å². The fourth-order valence-electron chi connectivity index (χ4n) is 2.46. The van der Waals surface area contributed by atoms with Crippen molar-refractivity contribution < 1.29 is 9.72 Å². The molecule has 21 heavy (non-hydrogen) atoms. The zero-order valence-corrected chi connectivity index (χ0v) is 12.6. The second-order valence-corrected chi connectivity index (χ2v) is 6.09. The van der Waals surface area contributed by atoms with Crippen LogP contribution < -0.4 is 5.32 Å². The van der Waals surface area contributed by atoms with Crippen molar-refractivity contribution in [2.24, 2.45) is 0 Å². The first-order valence-corrected chi connectivity index (χ1v) is 8.17. The Morgan fingerprint density at radius 3 is 2.76 bits per heavy atom. The number of nitrogens with one attached hydrogen (secondary N) is 1. The van der Waals surface area contributed by atoms with Crippen molar-refractivity contribution in [1.82, 2.24) is 10.3 Å². The van der Waals surface area contributed by atoms with Crippen molar-refractivity contribution in [2.75, 3.05) is 5.75 Å². The lowest BCUT2D eigenvalue weighted by molar-refractivity contribution is -0.388. The minimum Gasteiger partial charge on any atom is -0.353 e. The average molecular weight is 309 g/mol. The number of hydrogen-bond acceptors (Lipinski definition) is 5. The highest BCUT2D eigenvalue weighted by Gasteiger charge is 2.18. The summed E-state index contributed by atoms with van der Waals surface area (Å²) in [4.78, 5) is 26.3. The molecule has 6 nitrogen and oxygen atoms in total. The lowest BCUT2D eigenvalue weighted by Gasteiger charge is -2.15. The van der Waals surface area contributed by atoms with E-state index in [1.54, 1.807) is 0 Å². The monoisotopic (exact) mass is 309 g/mol. The van der Waals surface area contributed by atoms with Crippen LogP contribution in [-0.4, -0.2) is 27.6 Å². The molecule has 0 aromatic carbocycles. The highest BCUT2D eigenvalue weighted by Crippen LogP contribution is 2.26. The Hall–Kier alpha value is -1.63. The highest BCUT2D eigenvalue weighted by molar-refractivity contribution is 8.00. The second-order valence-electron chi connectivity index (χ2n) is 5.13. The van der Waals surface area contributed by atoms with Gasteiger partial charge in [0, 0.05) is 18.3 Å². The molecule has 1 fully saturated rings. The Kier molecular flexibility index (Phi) is 5.98. The second kappa shape index (κ2) is 7.97. The Balaban J connectivity index is 1.85. The van der Waals surface area contributed by atoms with Crippen molar-refractivity contribution in [3.63, 3.8) is 0 Å². The van der Waals surface area contributed by atoms with Crippen molar-refractivity contribution in [3.8, 4) is 0 Å². The Bertz CT molecular complexity index is 502. The van der Waals surface area contributed by atoms with Gasteiger partial charge in [-0.3, -0.25) is 14.9 Å². The first-order chi connectivity index (χ1) is 10.2. The van der Waals surface area contributed by atoms with Crippen LogP contribution >= 0.6 is 11.8 Å². The van der Waals surface area contributed by atoms with Gasteiger partial charge in [-0.25, -0.2) is 4.98 Å². The van der Waals surface area contributed by atoms with Crippen LogP contribution in [0.25, 0.3) is 0 Å². The number of carbonyl (C=O) groups is 1. The molecule has 7 heteroatoms. The van der Waals surface area contributed by atoms with Crippen molar-refractivity contribution in [2.45, 2.75) is 49.6 Å². The zero-order valence-electron chi connectivity index (χ0n) is 11.8. The maximum Gasteiger partial charge on any atom is 0.301 e. The molecule has 0 aliphatic heterocycles. The fraction of sp³-hybridized carbons (Fsp3) is 0.571. The molecule has 0 bridgehead atoms. The summed E-state index contributed by atoms with van der Waals surface area (Å²) in [7, 11) is 0. The van der Waals surface area contributed by atoms with E-state index in [1.807, 2.05) is 0 Å². The normalized spacial score (nSPS) is 16.2. The van der Waals surface area contributed by atoms with Gasteiger partial charge in [0.2, 0.25) is 5.91 Å². The number of carbonyl (C=O) groups excluding carboxylic acids is 1. The Morgan fingerprint density at radius 2 is 2.10 bits per heavy atom. The quantitative estimate of drug-likeness (QED) is 0.391. The Morgan fingerprint density at radius 1 is 1.38 bits per heavy atom. The predicted octanol–water partition coefficient (Wildman–Crippen LogP) is 2.92. The SMILES string of the molecule is O=C(CSc1ncccc1[N+](=O)[O-])NC1CCCCCC1. The van der Waals surface area contributed by atoms with Gasteiger partial charge in [0.25, 0.3) is 0 Å². The fourth-order valence-corrected chi connectivity index (χ4v) is 3.24. The number of hydrogen-bond donors (Lipinski definition) is 1. The molecule has 114 valence electrons. The topological polar surface area (TPSA) is 85.1 Å². The Labute approximate surface area is 127 Å². The summed E-state index contributed by atoms with van der Waals surface area (Å²) < 4.78 is 0. The molecule has 1 amide bonds. The number of aromatic nitrogens is 1. The number of nitro groups is 1. The number of rotatable bonds is 5. The van der Waals surface area contributed by atoms with Gasteiger partial charge in [0.05, 0.1) is 10.7 Å². The van der Waals surface area contributed by atoms with E-state index in [1.165, 1.54) is 31.2 Å². The summed E-state index contributed by atoms with van der Waals surface area (Å²) in [5.41, 5.74) is -0.0511. The maximum absolute atomic E-state index is 11.9. The van der Waals surface area contributed by atoms with E-state index in [0.29, 0.717) is 5.03 Å². The summed E-state index contributed by atoms with van der Waals surface area (Å²) in [5, 5.41) is 14.2. The molecule has 1 N–H and O–H groups in total. The van der Waals surface area contributed by atoms with Gasteiger partial charge in [-0.2, -0.15) is 0 Å². The minimum absolute atomic E-state index is 0.0511. The molecule has 1 heterocycles. The molecule has 0 atom stereocenters. The summed E-state index contributed by atoms with van der Waals surface area (Å²) in [5.74, 6) is 0.0841. The standard InChI is InChI=1S/C14H19N3O3S/c18-13(16-11-6-3-1-2-4-7-11)10-21-14-12(17(19)20)8-5-9-15-14/h5,8-9,11H,1-4,6-7,10H2,(H,16,18). The predicted molar refractivity (Wildman–Crippen MR) is 81.2 cm³/mol. The first-order valence-electron chi connectivity index (χ1n) is 7.18. The molecule has 0 radical (unpaired) electrons. The molecule has 0 unspecified atom stereocenters. The third kappa shape index (κ3) is 5.00. The smallest absolute Gasteiger partial charge is 0.301 e. The number of pyridine rings is 1. The number of amides is 1. The van der Waals surface area contributed by atoms with Crippen LogP contribution in [0.2, 0.25) is 0 Å². The lowest BCUT2D eigenvalue weighted by atomic mass is 10.1. The van der Waals surface area contributed by atoms with Crippen molar-refractivity contribution in [3.05, 3.63) is 28.4 Å². The van der Waals surface area contributed by atoms with Gasteiger partial charge in [0.15, 0.2) is 5.03 Å². The number of thioether (sulfide) groups is 1. The van der Waals surface area contributed by atoms with Crippen molar-refractivity contribution >= 4 is 23.4 Å². The van der Waals surface area contributed by atoms with E-state index in [0.717, 1.165) is 37.4 Å². The number of nitrogens with zero attached hydrogens (tertiary/aromatic N) is 2. The molecule has 0 saturated heterocycles. The van der Waals surface area contributed by atoms with E-state index in [-0.39, 0.29) is 23.4 Å². The maximum atomic E-state index is 11.9. The molecule has 0 spiro atoms. The molecule has 1 aliphatic rings. The summed E-state index contributed by atoms with van der Waals surface area (Å²) in [6.45, 7) is 0. The van der Waals surface area contributed by atoms with E-state index in [2.05, 4.69) is 10.3 Å². The van der Waals surface area contributed by atoms with Crippen molar-refractivity contribution in [1.29, 1.82) is 0 Å². The summed E-state index contributed by atoms with van der Waals surface area (Å²) in [6, 6.07) is 3.17. The van der Waals surface area contributed by atoms with E-state index >= 15 is 0 Å². The van der Waals surface area contributed by atoms with Crippen LogP contribution in [0.1, 0.15) is 38.5 Å². The van der Waals surface area contributed by atoms with Crippen LogP contribution in [0.5, 0.6) is 0 Å². The van der Waals surface area contributed by atoms with Gasteiger partial charge < -0.3 is 5.32 Å². The molecule has 1 aliphatic carbocycles. The van der Waals surface area contributed by atoms with E-state index in [4.69, 9.17) is 0 Å². The molecular formula is C14H19N3O3S. The summed E-state index contributed by atoms with van der Waals surface area (Å²) in [6.07, 6.45) is 8.34. The molecular weight excluding hydrogens is 290 g/mol. The van der Waals surface area contributed by atoms with Crippen LogP contribution in [0.4, 0.5) is 5.69 Å². The van der Waals surface area contributed by atoms with E-state index in [9.17, 15) is 14.9 Å². The molecule has 2 rings (SSSR count). The largest absolute Gasteiger partial charge is 0.353 e. The highest BCUT2D eigenvalue weighted by atomic mass is 32.2. The molecule has 1 aromatic rings. The molecule has 1 saturated carbocycles. The summed E-state index contributed by atoms with van der Waals surface area (Å²) >= 11 is 1.11. The third-order valence-corrected chi connectivity index (χ3v) is 4.50. The first kappa shape index (κ1) is 15.8. The van der Waals surface area contributed by atoms with Crippen LogP contribution in [0.15, 0.2) is 23.4 Å². The van der Waals surface area contributed by atoms with Gasteiger partial charge in [-0.1, -0.05) is 37.4 Å². The third-order valence-electron chi connectivity index (χ3n) is 3.51. The van der Waals surface area contributed by atoms with Gasteiger partial charge in [-0.05, 0) is 18.9 Å². The van der Waals surface area contributed by atoms with Crippen LogP contribution in [0, 0.1) is 10.1 Å². The molecule has 1 aromatic heterocycles. The van der Waals surface area contributed by atoms with Gasteiger partial charge in [0.1, 0.15) is 0 Å². The van der Waals surface area contributed by atoms with E-state index < -0.39 is 4.92 Å². The average Bonchev–Trinajstić information content (AvgIpc) is 2.74. The lowest BCUT2D eigenvalue weighted by Crippen LogP contribution is -2.35. The van der Waals surface area contributed by atoms with Crippen LogP contribution in [-0.2, 0) is 4.79 Å².